The SMILES string of the molecule is Cn1c(=O)[nH]c(=O)c2c(-c3ccc(Cl)cc3)ccnc21. The summed E-state index contributed by atoms with van der Waals surface area (Å²) in [7, 11) is 1.57. The largest absolute Gasteiger partial charge is 0.329 e. The minimum atomic E-state index is -0.483. The Morgan fingerprint density at radius 2 is 1.85 bits per heavy atom. The van der Waals surface area contributed by atoms with E-state index in [1.54, 1.807) is 31.4 Å². The lowest BCUT2D eigenvalue weighted by molar-refractivity contribution is 0.829. The second-order valence-corrected chi connectivity index (χ2v) is 4.82. The number of rotatable bonds is 1. The van der Waals surface area contributed by atoms with E-state index in [1.165, 1.54) is 4.57 Å². The van der Waals surface area contributed by atoms with Gasteiger partial charge in [0.25, 0.3) is 5.56 Å². The van der Waals surface area contributed by atoms with Gasteiger partial charge in [-0.15, -0.1) is 0 Å². The van der Waals surface area contributed by atoms with E-state index in [-0.39, 0.29) is 0 Å². The molecular weight excluding hydrogens is 278 g/mol. The summed E-state index contributed by atoms with van der Waals surface area (Å²) in [5, 5.41) is 1.00. The number of nitrogens with zero attached hydrogens (tertiary/aromatic N) is 2. The summed E-state index contributed by atoms with van der Waals surface area (Å²) < 4.78 is 1.32. The maximum atomic E-state index is 12.1. The zero-order valence-electron chi connectivity index (χ0n) is 10.6. The molecule has 2 aromatic heterocycles. The molecule has 0 atom stereocenters. The van der Waals surface area contributed by atoms with Crippen LogP contribution in [0.1, 0.15) is 0 Å². The molecule has 0 aliphatic heterocycles. The molecule has 2 heterocycles. The number of hydrogen-bond acceptors (Lipinski definition) is 3. The van der Waals surface area contributed by atoms with Crippen molar-refractivity contribution in [3.63, 3.8) is 0 Å². The molecule has 20 heavy (non-hydrogen) atoms. The van der Waals surface area contributed by atoms with Crippen molar-refractivity contribution in [2.24, 2.45) is 7.05 Å². The number of aromatic nitrogens is 3. The maximum Gasteiger partial charge on any atom is 0.329 e. The molecule has 1 N–H and O–H groups in total. The van der Waals surface area contributed by atoms with Crippen LogP contribution in [-0.2, 0) is 7.05 Å². The second kappa shape index (κ2) is 4.61. The van der Waals surface area contributed by atoms with E-state index in [4.69, 9.17) is 11.6 Å². The van der Waals surface area contributed by atoms with Crippen molar-refractivity contribution in [3.8, 4) is 11.1 Å². The van der Waals surface area contributed by atoms with Crippen molar-refractivity contribution in [1.29, 1.82) is 0 Å². The lowest BCUT2D eigenvalue weighted by Gasteiger charge is -2.07. The molecule has 0 spiro atoms. The minimum absolute atomic E-state index is 0.353. The van der Waals surface area contributed by atoms with Crippen LogP contribution in [0, 0.1) is 0 Å². The fourth-order valence-corrected chi connectivity index (χ4v) is 2.26. The summed E-state index contributed by atoms with van der Waals surface area (Å²) in [5.74, 6) is 0. The van der Waals surface area contributed by atoms with Crippen molar-refractivity contribution in [2.75, 3.05) is 0 Å². The van der Waals surface area contributed by atoms with Gasteiger partial charge >= 0.3 is 5.69 Å². The Kier molecular flexibility index (Phi) is 2.91. The first-order valence-corrected chi connectivity index (χ1v) is 6.29. The molecule has 5 nitrogen and oxygen atoms in total. The van der Waals surface area contributed by atoms with Gasteiger partial charge in [-0.2, -0.15) is 0 Å². The lowest BCUT2D eigenvalue weighted by atomic mass is 10.0. The van der Waals surface area contributed by atoms with E-state index in [1.807, 2.05) is 12.1 Å². The van der Waals surface area contributed by atoms with Gasteiger partial charge in [0.1, 0.15) is 5.65 Å². The summed E-state index contributed by atoms with van der Waals surface area (Å²) in [4.78, 5) is 30.1. The third kappa shape index (κ3) is 1.92. The molecule has 100 valence electrons. The number of nitrogens with one attached hydrogen (secondary N) is 1. The molecule has 0 aliphatic carbocycles. The molecule has 0 aliphatic rings. The number of aryl methyl sites for hydroxylation is 1. The van der Waals surface area contributed by atoms with Crippen molar-refractivity contribution >= 4 is 22.6 Å². The molecule has 0 radical (unpaired) electrons. The topological polar surface area (TPSA) is 67.8 Å². The highest BCUT2D eigenvalue weighted by atomic mass is 35.5. The van der Waals surface area contributed by atoms with Gasteiger partial charge in [0, 0.05) is 18.3 Å². The Morgan fingerprint density at radius 1 is 1.15 bits per heavy atom. The fourth-order valence-electron chi connectivity index (χ4n) is 2.14. The van der Waals surface area contributed by atoms with Crippen molar-refractivity contribution in [2.45, 2.75) is 0 Å². The average molecular weight is 288 g/mol. The molecule has 0 saturated carbocycles. The van der Waals surface area contributed by atoms with Crippen molar-refractivity contribution in [3.05, 3.63) is 62.4 Å². The van der Waals surface area contributed by atoms with Crippen LogP contribution >= 0.6 is 11.6 Å². The average Bonchev–Trinajstić information content (AvgIpc) is 2.45. The first kappa shape index (κ1) is 12.6. The van der Waals surface area contributed by atoms with E-state index in [2.05, 4.69) is 9.97 Å². The van der Waals surface area contributed by atoms with Gasteiger partial charge in [-0.1, -0.05) is 23.7 Å². The molecule has 1 aromatic carbocycles. The highest BCUT2D eigenvalue weighted by Crippen LogP contribution is 2.25. The van der Waals surface area contributed by atoms with Gasteiger partial charge in [0.2, 0.25) is 0 Å². The molecule has 3 rings (SSSR count). The number of pyridine rings is 1. The van der Waals surface area contributed by atoms with E-state index in [0.29, 0.717) is 21.6 Å². The molecule has 0 fully saturated rings. The number of H-pyrrole nitrogens is 1. The van der Waals surface area contributed by atoms with Crippen molar-refractivity contribution in [1.82, 2.24) is 14.5 Å². The smallest absolute Gasteiger partial charge is 0.281 e. The van der Waals surface area contributed by atoms with Gasteiger partial charge in [-0.25, -0.2) is 9.78 Å². The zero-order valence-corrected chi connectivity index (χ0v) is 11.3. The van der Waals surface area contributed by atoms with Crippen LogP contribution in [0.15, 0.2) is 46.1 Å². The first-order valence-electron chi connectivity index (χ1n) is 5.92. The Hall–Kier alpha value is -2.40. The summed E-state index contributed by atoms with van der Waals surface area (Å²) in [6.45, 7) is 0. The van der Waals surface area contributed by atoms with Crippen LogP contribution in [0.3, 0.4) is 0 Å². The highest BCUT2D eigenvalue weighted by Gasteiger charge is 2.11. The third-order valence-electron chi connectivity index (χ3n) is 3.16. The van der Waals surface area contributed by atoms with E-state index >= 15 is 0 Å². The minimum Gasteiger partial charge on any atom is -0.281 e. The molecule has 0 amide bonds. The van der Waals surface area contributed by atoms with Gasteiger partial charge in [-0.3, -0.25) is 14.3 Å². The van der Waals surface area contributed by atoms with Crippen LogP contribution in [0.25, 0.3) is 22.2 Å². The zero-order chi connectivity index (χ0) is 14.3. The van der Waals surface area contributed by atoms with E-state index in [9.17, 15) is 9.59 Å². The summed E-state index contributed by atoms with van der Waals surface area (Å²) >= 11 is 5.87. The summed E-state index contributed by atoms with van der Waals surface area (Å²) in [6, 6.07) is 8.88. The third-order valence-corrected chi connectivity index (χ3v) is 3.41. The summed E-state index contributed by atoms with van der Waals surface area (Å²) in [5.41, 5.74) is 0.977. The molecule has 3 aromatic rings. The predicted molar refractivity (Wildman–Crippen MR) is 78.1 cm³/mol. The number of halogens is 1. The predicted octanol–water partition coefficient (Wildman–Crippen LogP) is 1.94. The van der Waals surface area contributed by atoms with Gasteiger partial charge in [0.05, 0.1) is 5.39 Å². The Morgan fingerprint density at radius 3 is 2.55 bits per heavy atom. The van der Waals surface area contributed by atoms with Crippen LogP contribution in [-0.4, -0.2) is 14.5 Å². The molecule has 0 bridgehead atoms. The Balaban J connectivity index is 2.44. The van der Waals surface area contributed by atoms with E-state index in [0.717, 1.165) is 5.56 Å². The molecule has 0 unspecified atom stereocenters. The van der Waals surface area contributed by atoms with Gasteiger partial charge in [-0.05, 0) is 29.3 Å². The number of hydrogen-bond donors (Lipinski definition) is 1. The normalized spacial score (nSPS) is 10.9. The lowest BCUT2D eigenvalue weighted by Crippen LogP contribution is -2.29. The second-order valence-electron chi connectivity index (χ2n) is 4.38. The van der Waals surface area contributed by atoms with Crippen LogP contribution in [0.2, 0.25) is 5.02 Å². The first-order chi connectivity index (χ1) is 9.58. The quantitative estimate of drug-likeness (QED) is 0.744. The fraction of sp³-hybridized carbons (Fsp3) is 0.0714. The van der Waals surface area contributed by atoms with Crippen LogP contribution < -0.4 is 11.2 Å². The number of fused-ring (bicyclic) bond motifs is 1. The monoisotopic (exact) mass is 287 g/mol. The van der Waals surface area contributed by atoms with Crippen LogP contribution in [0.4, 0.5) is 0 Å². The van der Waals surface area contributed by atoms with Crippen molar-refractivity contribution < 1.29 is 0 Å². The highest BCUT2D eigenvalue weighted by molar-refractivity contribution is 6.30. The number of aromatic amines is 1. The molecular formula is C14H10ClN3O2. The summed E-state index contributed by atoms with van der Waals surface area (Å²) in [6.07, 6.45) is 1.57. The number of benzene rings is 1. The van der Waals surface area contributed by atoms with Gasteiger partial charge < -0.3 is 0 Å². The Labute approximate surface area is 118 Å². The van der Waals surface area contributed by atoms with Gasteiger partial charge in [0.15, 0.2) is 0 Å². The van der Waals surface area contributed by atoms with E-state index < -0.39 is 11.2 Å². The standard InChI is InChI=1S/C14H10ClN3O2/c1-18-12-11(13(19)17-14(18)20)10(6-7-16-12)8-2-4-9(15)5-3-8/h2-7H,1H3,(H,17,19,20). The molecule has 0 saturated heterocycles. The Bertz CT molecular complexity index is 910. The molecule has 6 heteroatoms. The maximum absolute atomic E-state index is 12.1. The van der Waals surface area contributed by atoms with Crippen LogP contribution in [0.5, 0.6) is 0 Å².